The lowest BCUT2D eigenvalue weighted by Crippen LogP contribution is -2.30. The minimum absolute atomic E-state index is 0.204. The molecule has 0 fully saturated rings. The number of carbonyl (C=O) groups is 2. The van der Waals surface area contributed by atoms with E-state index in [1.807, 2.05) is 48.5 Å². The van der Waals surface area contributed by atoms with Crippen molar-refractivity contribution in [2.45, 2.75) is 72.6 Å². The van der Waals surface area contributed by atoms with Gasteiger partial charge in [-0.15, -0.1) is 0 Å². The Bertz CT molecular complexity index is 933. The van der Waals surface area contributed by atoms with E-state index in [0.29, 0.717) is 31.3 Å². The number of hydrogen-bond donors (Lipinski definition) is 1. The lowest BCUT2D eigenvalue weighted by molar-refractivity contribution is -0.156. The molecule has 0 radical (unpaired) electrons. The highest BCUT2D eigenvalue weighted by molar-refractivity contribution is 5.90. The molecule has 204 valence electrons. The molecular weight excluding hydrogens is 468 g/mol. The molecule has 1 unspecified atom stereocenters. The Morgan fingerprint density at radius 2 is 1.35 bits per heavy atom. The number of aliphatic hydroxyl groups is 1. The van der Waals surface area contributed by atoms with Crippen LogP contribution in [-0.2, 0) is 14.3 Å². The van der Waals surface area contributed by atoms with Crippen molar-refractivity contribution in [1.82, 2.24) is 0 Å². The van der Waals surface area contributed by atoms with Gasteiger partial charge in [0, 0.05) is 0 Å². The first-order valence-electron chi connectivity index (χ1n) is 13.6. The highest BCUT2D eigenvalue weighted by Crippen LogP contribution is 2.23. The number of carbonyl (C=O) groups excluding carboxylic acids is 2. The summed E-state index contributed by atoms with van der Waals surface area (Å²) in [5, 5.41) is 9.17. The van der Waals surface area contributed by atoms with Crippen LogP contribution in [0.2, 0.25) is 0 Å². The predicted octanol–water partition coefficient (Wildman–Crippen LogP) is 6.84. The number of ether oxygens (including phenoxy) is 3. The SMILES string of the molecule is CCC(C)COC(=O)c1ccc(-c2ccc(OCCCCCCCCOC(=O)C(C)(C)CO)cc2)cc1. The molecule has 0 aliphatic carbocycles. The van der Waals surface area contributed by atoms with E-state index in [0.717, 1.165) is 61.8 Å². The Hall–Kier alpha value is -2.86. The van der Waals surface area contributed by atoms with Gasteiger partial charge in [-0.05, 0) is 68.0 Å². The Labute approximate surface area is 222 Å². The zero-order valence-electron chi connectivity index (χ0n) is 23.0. The molecule has 6 nitrogen and oxygen atoms in total. The first-order chi connectivity index (χ1) is 17.8. The molecule has 0 amide bonds. The van der Waals surface area contributed by atoms with Crippen molar-refractivity contribution < 1.29 is 28.9 Å². The van der Waals surface area contributed by atoms with E-state index in [2.05, 4.69) is 13.8 Å². The van der Waals surface area contributed by atoms with Gasteiger partial charge >= 0.3 is 11.9 Å². The summed E-state index contributed by atoms with van der Waals surface area (Å²) in [6, 6.07) is 15.5. The second kappa shape index (κ2) is 16.1. The highest BCUT2D eigenvalue weighted by Gasteiger charge is 2.28. The molecule has 2 aromatic rings. The van der Waals surface area contributed by atoms with E-state index in [1.54, 1.807) is 13.8 Å². The molecule has 1 N–H and O–H groups in total. The summed E-state index contributed by atoms with van der Waals surface area (Å²) < 4.78 is 16.5. The second-order valence-electron chi connectivity index (χ2n) is 10.4. The average molecular weight is 513 g/mol. The van der Waals surface area contributed by atoms with E-state index >= 15 is 0 Å². The number of unbranched alkanes of at least 4 members (excludes halogenated alkanes) is 5. The highest BCUT2D eigenvalue weighted by atomic mass is 16.5. The Morgan fingerprint density at radius 1 is 0.811 bits per heavy atom. The van der Waals surface area contributed by atoms with Crippen molar-refractivity contribution in [2.75, 3.05) is 26.4 Å². The van der Waals surface area contributed by atoms with Crippen molar-refractivity contribution in [2.24, 2.45) is 11.3 Å². The quantitative estimate of drug-likeness (QED) is 0.185. The molecule has 0 aliphatic heterocycles. The molecule has 1 atom stereocenters. The summed E-state index contributed by atoms with van der Waals surface area (Å²) in [7, 11) is 0. The van der Waals surface area contributed by atoms with Crippen molar-refractivity contribution in [1.29, 1.82) is 0 Å². The molecule has 0 spiro atoms. The molecule has 0 heterocycles. The van der Waals surface area contributed by atoms with Crippen molar-refractivity contribution in [3.63, 3.8) is 0 Å². The zero-order chi connectivity index (χ0) is 27.1. The predicted molar refractivity (Wildman–Crippen MR) is 147 cm³/mol. The number of hydrogen-bond acceptors (Lipinski definition) is 6. The molecule has 2 rings (SSSR count). The fourth-order valence-electron chi connectivity index (χ4n) is 3.49. The number of aliphatic hydroxyl groups excluding tert-OH is 1. The molecule has 0 aliphatic rings. The molecule has 0 bridgehead atoms. The maximum atomic E-state index is 12.2. The molecule has 0 saturated heterocycles. The maximum absolute atomic E-state index is 12.2. The normalized spacial score (nSPS) is 12.1. The number of rotatable bonds is 17. The van der Waals surface area contributed by atoms with Crippen LogP contribution < -0.4 is 4.74 Å². The minimum atomic E-state index is -0.824. The van der Waals surface area contributed by atoms with E-state index in [9.17, 15) is 14.7 Å². The summed E-state index contributed by atoms with van der Waals surface area (Å²) >= 11 is 0. The van der Waals surface area contributed by atoms with Crippen LogP contribution in [-0.4, -0.2) is 43.5 Å². The van der Waals surface area contributed by atoms with E-state index in [-0.39, 0.29) is 18.5 Å². The molecule has 0 saturated carbocycles. The minimum Gasteiger partial charge on any atom is -0.494 e. The van der Waals surface area contributed by atoms with Gasteiger partial charge in [0.1, 0.15) is 5.75 Å². The Balaban J connectivity index is 1.60. The molecule has 0 aromatic heterocycles. The van der Waals surface area contributed by atoms with Crippen LogP contribution in [0.5, 0.6) is 5.75 Å². The van der Waals surface area contributed by atoms with Gasteiger partial charge in [0.25, 0.3) is 0 Å². The van der Waals surface area contributed by atoms with Crippen LogP contribution >= 0.6 is 0 Å². The summed E-state index contributed by atoms with van der Waals surface area (Å²) in [6.45, 7) is 8.85. The Kier molecular flexibility index (Phi) is 13.2. The number of benzene rings is 2. The zero-order valence-corrected chi connectivity index (χ0v) is 23.0. The van der Waals surface area contributed by atoms with Gasteiger partial charge in [0.15, 0.2) is 0 Å². The lowest BCUT2D eigenvalue weighted by atomic mass is 9.95. The van der Waals surface area contributed by atoms with Crippen LogP contribution in [0.1, 0.15) is 83.0 Å². The third kappa shape index (κ3) is 11.0. The lowest BCUT2D eigenvalue weighted by Gasteiger charge is -2.19. The van der Waals surface area contributed by atoms with Gasteiger partial charge in [-0.2, -0.15) is 0 Å². The third-order valence-electron chi connectivity index (χ3n) is 6.49. The first-order valence-corrected chi connectivity index (χ1v) is 13.6. The first kappa shape index (κ1) is 30.4. The van der Waals surface area contributed by atoms with Crippen molar-refractivity contribution in [3.05, 3.63) is 54.1 Å². The maximum Gasteiger partial charge on any atom is 0.338 e. The van der Waals surface area contributed by atoms with Gasteiger partial charge in [0.05, 0.1) is 37.4 Å². The fourth-order valence-corrected chi connectivity index (χ4v) is 3.49. The van der Waals surface area contributed by atoms with E-state index in [4.69, 9.17) is 14.2 Å². The molecule has 2 aromatic carbocycles. The average Bonchev–Trinajstić information content (AvgIpc) is 2.92. The molecule has 37 heavy (non-hydrogen) atoms. The summed E-state index contributed by atoms with van der Waals surface area (Å²) in [5.74, 6) is 0.596. The van der Waals surface area contributed by atoms with Gasteiger partial charge in [0.2, 0.25) is 0 Å². The van der Waals surface area contributed by atoms with Crippen LogP contribution in [0, 0.1) is 11.3 Å². The van der Waals surface area contributed by atoms with Gasteiger partial charge in [-0.3, -0.25) is 4.79 Å². The van der Waals surface area contributed by atoms with Gasteiger partial charge in [-0.25, -0.2) is 4.79 Å². The monoisotopic (exact) mass is 512 g/mol. The largest absolute Gasteiger partial charge is 0.494 e. The van der Waals surface area contributed by atoms with Crippen LogP contribution in [0.25, 0.3) is 11.1 Å². The third-order valence-corrected chi connectivity index (χ3v) is 6.49. The summed E-state index contributed by atoms with van der Waals surface area (Å²) in [4.78, 5) is 24.0. The second-order valence-corrected chi connectivity index (χ2v) is 10.4. The smallest absolute Gasteiger partial charge is 0.338 e. The standard InChI is InChI=1S/C31H44O6/c1-5-24(2)22-37-29(33)27-14-12-25(13-15-27)26-16-18-28(19-17-26)35-20-10-8-6-7-9-11-21-36-30(34)31(3,4)23-32/h12-19,24,32H,5-11,20-23H2,1-4H3. The van der Waals surface area contributed by atoms with Crippen molar-refractivity contribution in [3.8, 4) is 16.9 Å². The van der Waals surface area contributed by atoms with Gasteiger partial charge in [-0.1, -0.05) is 70.2 Å². The summed E-state index contributed by atoms with van der Waals surface area (Å²) in [5.41, 5.74) is 1.85. The van der Waals surface area contributed by atoms with E-state index < -0.39 is 5.41 Å². The van der Waals surface area contributed by atoms with Crippen LogP contribution in [0.15, 0.2) is 48.5 Å². The van der Waals surface area contributed by atoms with Gasteiger partial charge < -0.3 is 19.3 Å². The molecular formula is C31H44O6. The Morgan fingerprint density at radius 3 is 1.92 bits per heavy atom. The summed E-state index contributed by atoms with van der Waals surface area (Å²) in [6.07, 6.45) is 7.18. The van der Waals surface area contributed by atoms with Crippen LogP contribution in [0.3, 0.4) is 0 Å². The topological polar surface area (TPSA) is 82.1 Å². The van der Waals surface area contributed by atoms with Crippen molar-refractivity contribution >= 4 is 11.9 Å². The number of esters is 2. The fraction of sp³-hybridized carbons (Fsp3) is 0.548. The molecule has 6 heteroatoms. The van der Waals surface area contributed by atoms with E-state index in [1.165, 1.54) is 0 Å². The van der Waals surface area contributed by atoms with Crippen LogP contribution in [0.4, 0.5) is 0 Å².